The zero-order valence-corrected chi connectivity index (χ0v) is 20.9. The zero-order valence-electron chi connectivity index (χ0n) is 20.9. The first-order valence-electron chi connectivity index (χ1n) is 13.2. The molecule has 1 saturated carbocycles. The van der Waals surface area contributed by atoms with E-state index in [1.165, 1.54) is 25.7 Å². The highest BCUT2D eigenvalue weighted by Crippen LogP contribution is 2.38. The highest BCUT2D eigenvalue weighted by molar-refractivity contribution is 5.69. The van der Waals surface area contributed by atoms with Crippen molar-refractivity contribution < 1.29 is 24.9 Å². The van der Waals surface area contributed by atoms with Crippen molar-refractivity contribution in [2.24, 2.45) is 11.8 Å². The van der Waals surface area contributed by atoms with E-state index in [9.17, 15) is 20.1 Å². The number of carbonyl (C=O) groups is 1. The molecule has 3 N–H and O–H groups in total. The van der Waals surface area contributed by atoms with Gasteiger partial charge < -0.3 is 20.1 Å². The van der Waals surface area contributed by atoms with Gasteiger partial charge in [0.2, 0.25) is 0 Å². The summed E-state index contributed by atoms with van der Waals surface area (Å²) in [5.74, 6) is 0.0251. The fraction of sp³-hybridized carbons (Fsp3) is 0.889. The van der Waals surface area contributed by atoms with Crippen LogP contribution in [-0.4, -0.2) is 45.7 Å². The zero-order chi connectivity index (χ0) is 23.8. The monoisotopic (exact) mass is 454 g/mol. The normalized spacial score (nSPS) is 24.5. The molecule has 0 radical (unpaired) electrons. The molecule has 5 heteroatoms. The molecule has 1 rings (SSSR count). The Balaban J connectivity index is 2.23. The molecule has 1 aliphatic carbocycles. The lowest BCUT2D eigenvalue weighted by Crippen LogP contribution is -2.23. The lowest BCUT2D eigenvalue weighted by molar-refractivity contribution is -0.147. The largest absolute Gasteiger partial charge is 0.463 e. The van der Waals surface area contributed by atoms with E-state index >= 15 is 0 Å². The summed E-state index contributed by atoms with van der Waals surface area (Å²) in [4.78, 5) is 11.5. The van der Waals surface area contributed by atoms with E-state index in [4.69, 9.17) is 4.74 Å². The Hall–Kier alpha value is -0.910. The van der Waals surface area contributed by atoms with E-state index in [1.807, 2.05) is 13.8 Å². The van der Waals surface area contributed by atoms with Crippen molar-refractivity contribution in [3.05, 3.63) is 12.2 Å². The van der Waals surface area contributed by atoms with Crippen molar-refractivity contribution in [2.75, 3.05) is 0 Å². The predicted molar refractivity (Wildman–Crippen MR) is 130 cm³/mol. The van der Waals surface area contributed by atoms with Crippen LogP contribution >= 0.6 is 0 Å². The smallest absolute Gasteiger partial charge is 0.306 e. The fourth-order valence-electron chi connectivity index (χ4n) is 4.82. The number of ether oxygens (including phenoxy) is 1. The van der Waals surface area contributed by atoms with Crippen LogP contribution in [0.2, 0.25) is 0 Å². The van der Waals surface area contributed by atoms with E-state index < -0.39 is 12.2 Å². The van der Waals surface area contributed by atoms with Crippen molar-refractivity contribution in [3.63, 3.8) is 0 Å². The molecule has 188 valence electrons. The van der Waals surface area contributed by atoms with Crippen molar-refractivity contribution >= 4 is 5.97 Å². The molecule has 0 spiro atoms. The van der Waals surface area contributed by atoms with Gasteiger partial charge in [-0.2, -0.15) is 0 Å². The Morgan fingerprint density at radius 2 is 1.62 bits per heavy atom. The first kappa shape index (κ1) is 29.1. The van der Waals surface area contributed by atoms with Crippen LogP contribution < -0.4 is 0 Å². The van der Waals surface area contributed by atoms with Gasteiger partial charge in [-0.25, -0.2) is 0 Å². The minimum Gasteiger partial charge on any atom is -0.463 e. The van der Waals surface area contributed by atoms with Crippen molar-refractivity contribution in [3.8, 4) is 0 Å². The Labute approximate surface area is 196 Å². The number of hydrogen-bond donors (Lipinski definition) is 3. The van der Waals surface area contributed by atoms with E-state index in [0.717, 1.165) is 51.4 Å². The van der Waals surface area contributed by atoms with Crippen LogP contribution in [-0.2, 0) is 9.53 Å². The van der Waals surface area contributed by atoms with Gasteiger partial charge >= 0.3 is 5.97 Å². The SMILES string of the molecule is CCCCCCCC(O)CC[C@@H]1[C@@H](C/C=C\CCCCCC(=O)OC(C)C)[C@@H](O)C[C@H]1O. The standard InChI is InChI=1S/C27H50O5/c1-4-5-6-9-12-15-22(28)18-19-24-23(25(29)20-26(24)30)16-13-10-7-8-11-14-17-27(31)32-21(2)3/h10,13,21-26,28-30H,4-9,11-12,14-20H2,1-3H3/b13-10-/t22?,23-,24-,25+,26-/m1/s1. The lowest BCUT2D eigenvalue weighted by atomic mass is 9.85. The summed E-state index contributed by atoms with van der Waals surface area (Å²) in [6.07, 6.45) is 16.9. The molecule has 32 heavy (non-hydrogen) atoms. The molecule has 0 aliphatic heterocycles. The first-order valence-corrected chi connectivity index (χ1v) is 13.2. The van der Waals surface area contributed by atoms with Crippen LogP contribution in [0.5, 0.6) is 0 Å². The van der Waals surface area contributed by atoms with Crippen molar-refractivity contribution in [2.45, 2.75) is 141 Å². The number of rotatable bonds is 18. The van der Waals surface area contributed by atoms with E-state index in [2.05, 4.69) is 19.1 Å². The molecular formula is C27H50O5. The highest BCUT2D eigenvalue weighted by atomic mass is 16.5. The van der Waals surface area contributed by atoms with Crippen LogP contribution in [0.15, 0.2) is 12.2 Å². The van der Waals surface area contributed by atoms with Crippen molar-refractivity contribution in [1.82, 2.24) is 0 Å². The average Bonchev–Trinajstić information content (AvgIpc) is 3.00. The molecule has 0 bridgehead atoms. The third kappa shape index (κ3) is 13.0. The van der Waals surface area contributed by atoms with Crippen LogP contribution in [0.25, 0.3) is 0 Å². The lowest BCUT2D eigenvalue weighted by Gasteiger charge is -2.23. The summed E-state index contributed by atoms with van der Waals surface area (Å²) in [7, 11) is 0. The summed E-state index contributed by atoms with van der Waals surface area (Å²) in [6, 6.07) is 0. The quantitative estimate of drug-likeness (QED) is 0.141. The molecule has 1 fully saturated rings. The highest BCUT2D eigenvalue weighted by Gasteiger charge is 2.40. The van der Waals surface area contributed by atoms with Gasteiger partial charge in [-0.05, 0) is 77.0 Å². The minimum atomic E-state index is -0.467. The fourth-order valence-corrected chi connectivity index (χ4v) is 4.82. The first-order chi connectivity index (χ1) is 15.3. The molecule has 0 heterocycles. The summed E-state index contributed by atoms with van der Waals surface area (Å²) in [6.45, 7) is 5.94. The Morgan fingerprint density at radius 3 is 2.34 bits per heavy atom. The summed E-state index contributed by atoms with van der Waals surface area (Å²) in [5.41, 5.74) is 0. The molecule has 0 saturated heterocycles. The molecule has 0 amide bonds. The molecule has 1 unspecified atom stereocenters. The Bertz CT molecular complexity index is 504. The number of hydrogen-bond acceptors (Lipinski definition) is 5. The van der Waals surface area contributed by atoms with Gasteiger partial charge in [-0.1, -0.05) is 57.6 Å². The maximum absolute atomic E-state index is 11.5. The third-order valence-corrected chi connectivity index (χ3v) is 6.69. The van der Waals surface area contributed by atoms with Gasteiger partial charge in [0.25, 0.3) is 0 Å². The number of carbonyl (C=O) groups excluding carboxylic acids is 1. The number of esters is 1. The van der Waals surface area contributed by atoms with E-state index in [0.29, 0.717) is 19.3 Å². The minimum absolute atomic E-state index is 0.0440. The van der Waals surface area contributed by atoms with Crippen LogP contribution in [0.1, 0.15) is 117 Å². The predicted octanol–water partition coefficient (Wildman–Crippen LogP) is 5.69. The molecule has 0 aromatic rings. The van der Waals surface area contributed by atoms with Crippen LogP contribution in [0, 0.1) is 11.8 Å². The summed E-state index contributed by atoms with van der Waals surface area (Å²) < 4.78 is 5.14. The third-order valence-electron chi connectivity index (χ3n) is 6.69. The van der Waals surface area contributed by atoms with Crippen LogP contribution in [0.4, 0.5) is 0 Å². The summed E-state index contributed by atoms with van der Waals surface area (Å²) >= 11 is 0. The molecule has 0 aromatic carbocycles. The van der Waals surface area contributed by atoms with Gasteiger partial charge in [0.1, 0.15) is 0 Å². The molecule has 5 nitrogen and oxygen atoms in total. The van der Waals surface area contributed by atoms with E-state index in [1.54, 1.807) is 0 Å². The summed E-state index contributed by atoms with van der Waals surface area (Å²) in [5, 5.41) is 31.1. The molecular weight excluding hydrogens is 404 g/mol. The number of allylic oxidation sites excluding steroid dienone is 2. The molecule has 0 aromatic heterocycles. The molecule has 1 aliphatic rings. The van der Waals surface area contributed by atoms with E-state index in [-0.39, 0.29) is 30.0 Å². The number of aliphatic hydroxyl groups excluding tert-OH is 3. The number of aliphatic hydroxyl groups is 3. The maximum Gasteiger partial charge on any atom is 0.306 e. The van der Waals surface area contributed by atoms with Gasteiger partial charge in [0, 0.05) is 6.42 Å². The van der Waals surface area contributed by atoms with Gasteiger partial charge in [0.15, 0.2) is 0 Å². The van der Waals surface area contributed by atoms with Crippen LogP contribution in [0.3, 0.4) is 0 Å². The second-order valence-electron chi connectivity index (χ2n) is 9.98. The van der Waals surface area contributed by atoms with Gasteiger partial charge in [-0.15, -0.1) is 0 Å². The second kappa shape index (κ2) is 17.6. The maximum atomic E-state index is 11.5. The molecule has 5 atom stereocenters. The number of unbranched alkanes of at least 4 members (excludes halogenated alkanes) is 7. The average molecular weight is 455 g/mol. The Morgan fingerprint density at radius 1 is 0.938 bits per heavy atom. The Kier molecular flexibility index (Phi) is 16.0. The topological polar surface area (TPSA) is 87.0 Å². The second-order valence-corrected chi connectivity index (χ2v) is 9.98. The van der Waals surface area contributed by atoms with Crippen molar-refractivity contribution in [1.29, 1.82) is 0 Å². The van der Waals surface area contributed by atoms with Gasteiger partial charge in [-0.3, -0.25) is 4.79 Å². The van der Waals surface area contributed by atoms with Gasteiger partial charge in [0.05, 0.1) is 24.4 Å².